The Morgan fingerprint density at radius 1 is 1.25 bits per heavy atom. The van der Waals surface area contributed by atoms with Crippen LogP contribution in [0.5, 0.6) is 0 Å². The number of nitrogens with two attached hydrogens (primary N) is 1. The van der Waals surface area contributed by atoms with Gasteiger partial charge in [0.05, 0.1) is 0 Å². The van der Waals surface area contributed by atoms with Crippen LogP contribution in [0.4, 0.5) is 16.6 Å². The molecule has 2 atom stereocenters. The van der Waals surface area contributed by atoms with Crippen molar-refractivity contribution >= 4 is 39.7 Å². The van der Waals surface area contributed by atoms with Crippen molar-refractivity contribution in [3.63, 3.8) is 0 Å². The van der Waals surface area contributed by atoms with Gasteiger partial charge in [0.15, 0.2) is 5.13 Å². The molecule has 1 saturated heterocycles. The van der Waals surface area contributed by atoms with Gasteiger partial charge in [-0.25, -0.2) is 4.98 Å². The summed E-state index contributed by atoms with van der Waals surface area (Å²) in [5.74, 6) is -0.122. The molecule has 166 valence electrons. The number of ketones is 1. The number of carbonyl (C=O) groups excluding carboxylic acids is 2. The van der Waals surface area contributed by atoms with Crippen molar-refractivity contribution in [2.45, 2.75) is 38.8 Å². The zero-order valence-electron chi connectivity index (χ0n) is 18.0. The molecule has 0 saturated carbocycles. The van der Waals surface area contributed by atoms with Crippen LogP contribution < -0.4 is 21.7 Å². The summed E-state index contributed by atoms with van der Waals surface area (Å²) < 4.78 is 0. The van der Waals surface area contributed by atoms with Crippen LogP contribution in [0.15, 0.2) is 42.7 Å². The first-order chi connectivity index (χ1) is 15.4. The lowest BCUT2D eigenvalue weighted by Gasteiger charge is -2.20. The Morgan fingerprint density at radius 3 is 2.72 bits per heavy atom. The van der Waals surface area contributed by atoms with E-state index in [1.54, 1.807) is 36.5 Å². The number of thiazole rings is 1. The highest BCUT2D eigenvalue weighted by Gasteiger charge is 2.23. The second kappa shape index (κ2) is 9.46. The molecule has 32 heavy (non-hydrogen) atoms. The van der Waals surface area contributed by atoms with E-state index in [9.17, 15) is 9.59 Å². The van der Waals surface area contributed by atoms with Crippen LogP contribution in [0.2, 0.25) is 0 Å². The van der Waals surface area contributed by atoms with Crippen LogP contribution in [0, 0.1) is 6.92 Å². The smallest absolute Gasteiger partial charge is 0.251 e. The third-order valence-corrected chi connectivity index (χ3v) is 6.59. The maximum absolute atomic E-state index is 12.8. The highest BCUT2D eigenvalue weighted by molar-refractivity contribution is 7.18. The number of benzene rings is 1. The molecule has 3 heterocycles. The molecule has 1 unspecified atom stereocenters. The minimum atomic E-state index is -0.198. The van der Waals surface area contributed by atoms with Crippen molar-refractivity contribution in [1.82, 2.24) is 20.6 Å². The van der Waals surface area contributed by atoms with E-state index in [0.717, 1.165) is 30.6 Å². The van der Waals surface area contributed by atoms with Crippen LogP contribution in [0.1, 0.15) is 50.9 Å². The fourth-order valence-corrected chi connectivity index (χ4v) is 4.59. The lowest BCUT2D eigenvalue weighted by molar-refractivity contribution is 0.0932. The molecule has 1 aliphatic heterocycles. The quantitative estimate of drug-likeness (QED) is 0.408. The Hall–Kier alpha value is -3.30. The summed E-state index contributed by atoms with van der Waals surface area (Å²) in [5, 5.41) is 10.1. The van der Waals surface area contributed by atoms with Gasteiger partial charge in [-0.05, 0) is 69.1 Å². The second-order valence-corrected chi connectivity index (χ2v) is 8.92. The van der Waals surface area contributed by atoms with Gasteiger partial charge in [0.25, 0.3) is 5.91 Å². The fraction of sp³-hybridized carbons (Fsp3) is 0.304. The van der Waals surface area contributed by atoms with Gasteiger partial charge in [0.1, 0.15) is 10.7 Å². The molecule has 1 amide bonds. The number of hydrogen-bond donors (Lipinski definition) is 4. The lowest BCUT2D eigenvalue weighted by Crippen LogP contribution is -2.45. The predicted molar refractivity (Wildman–Crippen MR) is 127 cm³/mol. The number of hydrogen-bond acceptors (Lipinski definition) is 8. The molecule has 8 nitrogen and oxygen atoms in total. The van der Waals surface area contributed by atoms with Gasteiger partial charge in [-0.2, -0.15) is 0 Å². The van der Waals surface area contributed by atoms with Crippen molar-refractivity contribution < 1.29 is 9.59 Å². The number of carbonyl (C=O) groups is 2. The fourth-order valence-electron chi connectivity index (χ4n) is 3.73. The Bertz CT molecular complexity index is 1120. The average molecular weight is 451 g/mol. The number of anilines is 3. The number of amides is 1. The van der Waals surface area contributed by atoms with Crippen LogP contribution in [0.25, 0.3) is 0 Å². The number of nitrogens with zero attached hydrogens (tertiary/aromatic N) is 2. The zero-order valence-corrected chi connectivity index (χ0v) is 18.8. The van der Waals surface area contributed by atoms with Crippen LogP contribution in [-0.4, -0.2) is 40.3 Å². The number of nitrogens with one attached hydrogen (secondary N) is 3. The largest absolute Gasteiger partial charge is 0.382 e. The molecule has 1 fully saturated rings. The molecule has 0 spiro atoms. The van der Waals surface area contributed by atoms with E-state index in [1.165, 1.54) is 17.5 Å². The second-order valence-electron chi connectivity index (χ2n) is 7.92. The zero-order chi connectivity index (χ0) is 22.7. The van der Waals surface area contributed by atoms with E-state index in [-0.39, 0.29) is 23.6 Å². The summed E-state index contributed by atoms with van der Waals surface area (Å²) in [6.45, 7) is 4.88. The molecule has 2 aromatic heterocycles. The third-order valence-electron chi connectivity index (χ3n) is 5.60. The molecule has 0 bridgehead atoms. The third kappa shape index (κ3) is 4.79. The Labute approximate surface area is 190 Å². The number of pyridine rings is 1. The van der Waals surface area contributed by atoms with Crippen molar-refractivity contribution in [2.75, 3.05) is 17.6 Å². The molecule has 5 N–H and O–H groups in total. The molecule has 1 aromatic carbocycles. The van der Waals surface area contributed by atoms with E-state index in [2.05, 4.69) is 25.9 Å². The molecule has 9 heteroatoms. The van der Waals surface area contributed by atoms with Crippen LogP contribution in [0.3, 0.4) is 0 Å². The van der Waals surface area contributed by atoms with Crippen molar-refractivity contribution in [3.8, 4) is 0 Å². The summed E-state index contributed by atoms with van der Waals surface area (Å²) in [4.78, 5) is 34.0. The summed E-state index contributed by atoms with van der Waals surface area (Å²) in [5.41, 5.74) is 8.68. The van der Waals surface area contributed by atoms with E-state index < -0.39 is 0 Å². The summed E-state index contributed by atoms with van der Waals surface area (Å²) in [6.07, 6.45) is 5.40. The predicted octanol–water partition coefficient (Wildman–Crippen LogP) is 3.27. The Morgan fingerprint density at radius 2 is 2.03 bits per heavy atom. The van der Waals surface area contributed by atoms with Crippen LogP contribution >= 0.6 is 11.3 Å². The van der Waals surface area contributed by atoms with Crippen LogP contribution in [-0.2, 0) is 0 Å². The van der Waals surface area contributed by atoms with Crippen molar-refractivity contribution in [3.05, 3.63) is 64.3 Å². The topological polar surface area (TPSA) is 122 Å². The molecule has 0 aliphatic carbocycles. The highest BCUT2D eigenvalue weighted by Crippen LogP contribution is 2.30. The molecule has 0 radical (unpaired) electrons. The van der Waals surface area contributed by atoms with E-state index in [1.807, 2.05) is 13.8 Å². The summed E-state index contributed by atoms with van der Waals surface area (Å²) in [6, 6.07) is 9.30. The van der Waals surface area contributed by atoms with Crippen molar-refractivity contribution in [1.29, 1.82) is 0 Å². The summed E-state index contributed by atoms with van der Waals surface area (Å²) in [7, 11) is 0. The lowest BCUT2D eigenvalue weighted by atomic mass is 10.1. The molecule has 1 aliphatic rings. The monoisotopic (exact) mass is 450 g/mol. The first-order valence-electron chi connectivity index (χ1n) is 10.6. The summed E-state index contributed by atoms with van der Waals surface area (Å²) >= 11 is 1.19. The van der Waals surface area contributed by atoms with E-state index in [0.29, 0.717) is 27.2 Å². The highest BCUT2D eigenvalue weighted by atomic mass is 32.1. The maximum Gasteiger partial charge on any atom is 0.251 e. The average Bonchev–Trinajstić information content (AvgIpc) is 3.44. The SMILES string of the molecule is Cc1ccncc1C(=O)c1sc(Nc2ccc(C(=O)NC(C)[C@@H]3CCCN3)cc2)nc1N. The Kier molecular flexibility index (Phi) is 6.48. The van der Waals surface area contributed by atoms with Gasteiger partial charge in [-0.15, -0.1) is 0 Å². The number of rotatable bonds is 7. The number of aryl methyl sites for hydroxylation is 1. The number of nitrogen functional groups attached to an aromatic ring is 1. The van der Waals surface area contributed by atoms with Gasteiger partial charge < -0.3 is 21.7 Å². The molecule has 3 aromatic rings. The van der Waals surface area contributed by atoms with Gasteiger partial charge in [0, 0.05) is 41.3 Å². The van der Waals surface area contributed by atoms with Gasteiger partial charge >= 0.3 is 0 Å². The maximum atomic E-state index is 12.8. The first-order valence-corrected chi connectivity index (χ1v) is 11.4. The minimum absolute atomic E-state index is 0.0699. The number of aromatic nitrogens is 2. The van der Waals surface area contributed by atoms with E-state index >= 15 is 0 Å². The molecular formula is C23H26N6O2S. The first kappa shape index (κ1) is 21.9. The molecular weight excluding hydrogens is 424 g/mol. The molecule has 4 rings (SSSR count). The normalized spacial score (nSPS) is 16.5. The van der Waals surface area contributed by atoms with Gasteiger partial charge in [0.2, 0.25) is 5.78 Å². The van der Waals surface area contributed by atoms with E-state index in [4.69, 9.17) is 5.73 Å². The van der Waals surface area contributed by atoms with Gasteiger partial charge in [-0.1, -0.05) is 11.3 Å². The van der Waals surface area contributed by atoms with Gasteiger partial charge in [-0.3, -0.25) is 14.6 Å². The standard InChI is InChI=1S/C23H26N6O2S/c1-13-9-11-25-12-17(13)19(30)20-21(24)29-23(32-20)28-16-7-5-15(6-8-16)22(31)27-14(2)18-4-3-10-26-18/h5-9,11-12,14,18,26H,3-4,10,24H2,1-2H3,(H,27,31)(H,28,29)/t14?,18-/m0/s1. The Balaban J connectivity index is 1.41. The minimum Gasteiger partial charge on any atom is -0.382 e. The van der Waals surface area contributed by atoms with Crippen molar-refractivity contribution in [2.24, 2.45) is 0 Å².